The summed E-state index contributed by atoms with van der Waals surface area (Å²) in [7, 11) is -3.28. The summed E-state index contributed by atoms with van der Waals surface area (Å²) in [6, 6.07) is 13.9. The fraction of sp³-hybridized carbons (Fsp3) is 0.300. The van der Waals surface area contributed by atoms with Gasteiger partial charge >= 0.3 is 0 Å². The molecule has 2 aliphatic rings. The number of nitrogens with zero attached hydrogens (tertiary/aromatic N) is 2. The van der Waals surface area contributed by atoms with E-state index in [1.165, 1.54) is 12.1 Å². The lowest BCUT2D eigenvalue weighted by Crippen LogP contribution is -2.52. The molecule has 1 amide bonds. The largest absolute Gasteiger partial charge is 0.383 e. The van der Waals surface area contributed by atoms with Crippen LogP contribution >= 0.6 is 12.4 Å². The number of sulfone groups is 1. The van der Waals surface area contributed by atoms with E-state index in [9.17, 15) is 13.2 Å². The van der Waals surface area contributed by atoms with Crippen molar-refractivity contribution >= 4 is 39.7 Å². The number of nitrogens with one attached hydrogen (secondary N) is 1. The minimum Gasteiger partial charge on any atom is -0.383 e. The van der Waals surface area contributed by atoms with Crippen LogP contribution in [0.25, 0.3) is 0 Å². The minimum absolute atomic E-state index is 0. The maximum Gasteiger partial charge on any atom is 0.253 e. The van der Waals surface area contributed by atoms with Crippen molar-refractivity contribution < 1.29 is 13.2 Å². The van der Waals surface area contributed by atoms with Crippen LogP contribution in [0.15, 0.2) is 58.4 Å². The predicted molar refractivity (Wildman–Crippen MR) is 115 cm³/mol. The fourth-order valence-electron chi connectivity index (χ4n) is 3.73. The maximum atomic E-state index is 12.8. The molecule has 1 spiro atoms. The topological polar surface area (TPSA) is 105 Å². The van der Waals surface area contributed by atoms with Crippen LogP contribution in [-0.4, -0.2) is 50.1 Å². The molecule has 4 rings (SSSR count). The zero-order valence-electron chi connectivity index (χ0n) is 16.0. The maximum absolute atomic E-state index is 12.8. The number of hydrogen-bond acceptors (Lipinski definition) is 6. The Kier molecular flexibility index (Phi) is 5.60. The number of carbonyl (C=O) groups excluding carboxylic acids is 1. The number of rotatable bonds is 2. The quantitative estimate of drug-likeness (QED) is 0.754. The number of benzene rings is 2. The van der Waals surface area contributed by atoms with E-state index in [1.54, 1.807) is 17.0 Å². The lowest BCUT2D eigenvalue weighted by atomic mass is 9.93. The number of piperidine rings is 1. The van der Waals surface area contributed by atoms with Crippen molar-refractivity contribution in [2.75, 3.05) is 24.7 Å². The first-order chi connectivity index (χ1) is 13.3. The normalized spacial score (nSPS) is 17.6. The third kappa shape index (κ3) is 4.09. The number of para-hydroxylation sites is 1. The van der Waals surface area contributed by atoms with Crippen molar-refractivity contribution in [2.24, 2.45) is 10.7 Å². The van der Waals surface area contributed by atoms with Gasteiger partial charge in [-0.2, -0.15) is 0 Å². The molecule has 0 aliphatic carbocycles. The molecule has 0 saturated carbocycles. The molecule has 29 heavy (non-hydrogen) atoms. The molecule has 0 unspecified atom stereocenters. The third-order valence-corrected chi connectivity index (χ3v) is 6.44. The average molecular weight is 435 g/mol. The summed E-state index contributed by atoms with van der Waals surface area (Å²) in [6.07, 6.45) is 2.44. The first-order valence-corrected chi connectivity index (χ1v) is 11.0. The number of fused-ring (bicyclic) bond motifs is 1. The van der Waals surface area contributed by atoms with E-state index < -0.39 is 15.5 Å². The van der Waals surface area contributed by atoms with Gasteiger partial charge in [0.15, 0.2) is 9.84 Å². The number of aliphatic imine (C=N–C) groups is 1. The number of carbonyl (C=O) groups is 1. The molecule has 9 heteroatoms. The second-order valence-corrected chi connectivity index (χ2v) is 9.30. The van der Waals surface area contributed by atoms with Crippen LogP contribution in [0.1, 0.15) is 28.8 Å². The highest BCUT2D eigenvalue weighted by Crippen LogP contribution is 2.34. The Balaban J connectivity index is 0.00000240. The summed E-state index contributed by atoms with van der Waals surface area (Å²) < 4.78 is 23.2. The summed E-state index contributed by atoms with van der Waals surface area (Å²) >= 11 is 0. The molecule has 3 N–H and O–H groups in total. The summed E-state index contributed by atoms with van der Waals surface area (Å²) in [5.41, 5.74) is 8.02. The van der Waals surface area contributed by atoms with Gasteiger partial charge in [-0.05, 0) is 36.4 Å². The molecule has 2 aromatic rings. The van der Waals surface area contributed by atoms with Gasteiger partial charge in [0.2, 0.25) is 0 Å². The van der Waals surface area contributed by atoms with Gasteiger partial charge in [-0.3, -0.25) is 4.79 Å². The van der Waals surface area contributed by atoms with E-state index in [1.807, 2.05) is 24.3 Å². The molecular formula is C20H23ClN4O3S. The van der Waals surface area contributed by atoms with Crippen molar-refractivity contribution in [1.82, 2.24) is 4.90 Å². The number of anilines is 1. The molecule has 0 atom stereocenters. The highest BCUT2D eigenvalue weighted by Gasteiger charge is 2.38. The first kappa shape index (κ1) is 21.1. The number of hydrogen-bond donors (Lipinski definition) is 2. The van der Waals surface area contributed by atoms with Crippen molar-refractivity contribution in [3.8, 4) is 0 Å². The highest BCUT2D eigenvalue weighted by atomic mass is 35.5. The van der Waals surface area contributed by atoms with E-state index in [0.717, 1.165) is 17.5 Å². The van der Waals surface area contributed by atoms with Gasteiger partial charge in [0, 0.05) is 49.0 Å². The number of likely N-dealkylation sites (tertiary alicyclic amines) is 1. The molecule has 0 aromatic heterocycles. The predicted octanol–water partition coefficient (Wildman–Crippen LogP) is 2.28. The summed E-state index contributed by atoms with van der Waals surface area (Å²) in [5, 5.41) is 3.49. The van der Waals surface area contributed by atoms with Gasteiger partial charge in [-0.25, -0.2) is 13.4 Å². The van der Waals surface area contributed by atoms with Crippen LogP contribution in [0.2, 0.25) is 0 Å². The Labute approximate surface area is 176 Å². The van der Waals surface area contributed by atoms with Gasteiger partial charge < -0.3 is 16.0 Å². The molecule has 2 heterocycles. The van der Waals surface area contributed by atoms with E-state index in [0.29, 0.717) is 37.3 Å². The molecule has 2 aromatic carbocycles. The Hall–Kier alpha value is -2.58. The lowest BCUT2D eigenvalue weighted by Gasteiger charge is -2.42. The van der Waals surface area contributed by atoms with Crippen LogP contribution in [0, 0.1) is 0 Å². The second-order valence-electron chi connectivity index (χ2n) is 7.29. The Morgan fingerprint density at radius 2 is 1.72 bits per heavy atom. The zero-order chi connectivity index (χ0) is 19.9. The Morgan fingerprint density at radius 3 is 2.34 bits per heavy atom. The van der Waals surface area contributed by atoms with E-state index in [4.69, 9.17) is 10.7 Å². The lowest BCUT2D eigenvalue weighted by molar-refractivity contribution is 0.0685. The number of amidine groups is 1. The Morgan fingerprint density at radius 1 is 1.10 bits per heavy atom. The standard InChI is InChI=1S/C20H22N4O3S.ClH/c1-28(26,27)15-8-6-14(7-9-15)19(25)24-12-10-20(11-13-24)22-17-5-3-2-4-16(17)18(21)23-20;/h2-9,22H,10-13H2,1H3,(H2,21,23);1H. The number of halogens is 1. The fourth-order valence-corrected chi connectivity index (χ4v) is 4.36. The van der Waals surface area contributed by atoms with Gasteiger partial charge in [0.1, 0.15) is 11.5 Å². The second kappa shape index (κ2) is 7.68. The molecule has 0 bridgehead atoms. The van der Waals surface area contributed by atoms with E-state index >= 15 is 0 Å². The molecule has 1 fully saturated rings. The van der Waals surface area contributed by atoms with Crippen molar-refractivity contribution in [3.05, 3.63) is 59.7 Å². The Bertz CT molecular complexity index is 1060. The van der Waals surface area contributed by atoms with Crippen LogP contribution in [0.5, 0.6) is 0 Å². The average Bonchev–Trinajstić information content (AvgIpc) is 2.67. The van der Waals surface area contributed by atoms with Crippen LogP contribution in [0.4, 0.5) is 5.69 Å². The first-order valence-electron chi connectivity index (χ1n) is 9.10. The summed E-state index contributed by atoms with van der Waals surface area (Å²) in [6.45, 7) is 1.08. The smallest absolute Gasteiger partial charge is 0.253 e. The molecule has 7 nitrogen and oxygen atoms in total. The van der Waals surface area contributed by atoms with Gasteiger partial charge in [0.05, 0.1) is 4.90 Å². The molecule has 1 saturated heterocycles. The van der Waals surface area contributed by atoms with Gasteiger partial charge in [-0.1, -0.05) is 12.1 Å². The van der Waals surface area contributed by atoms with Gasteiger partial charge in [0.25, 0.3) is 5.91 Å². The minimum atomic E-state index is -3.28. The molecular weight excluding hydrogens is 412 g/mol. The monoisotopic (exact) mass is 434 g/mol. The SMILES string of the molecule is CS(=O)(=O)c1ccc(C(=O)N2CCC3(CC2)N=C(N)c2ccccc2N3)cc1.Cl. The highest BCUT2D eigenvalue weighted by molar-refractivity contribution is 7.90. The molecule has 154 valence electrons. The van der Waals surface area contributed by atoms with Gasteiger partial charge in [-0.15, -0.1) is 12.4 Å². The van der Waals surface area contributed by atoms with E-state index in [2.05, 4.69) is 5.32 Å². The van der Waals surface area contributed by atoms with Crippen LogP contribution in [0.3, 0.4) is 0 Å². The van der Waals surface area contributed by atoms with Crippen molar-refractivity contribution in [1.29, 1.82) is 0 Å². The van der Waals surface area contributed by atoms with Crippen molar-refractivity contribution in [3.63, 3.8) is 0 Å². The molecule has 2 aliphatic heterocycles. The summed E-state index contributed by atoms with van der Waals surface area (Å²) in [5.74, 6) is 0.411. The summed E-state index contributed by atoms with van der Waals surface area (Å²) in [4.78, 5) is 19.5. The molecule has 0 radical (unpaired) electrons. The number of nitrogens with two attached hydrogens (primary N) is 1. The third-order valence-electron chi connectivity index (χ3n) is 5.31. The zero-order valence-corrected chi connectivity index (χ0v) is 17.6. The van der Waals surface area contributed by atoms with Crippen molar-refractivity contribution in [2.45, 2.75) is 23.4 Å². The van der Waals surface area contributed by atoms with Crippen LogP contribution < -0.4 is 11.1 Å². The number of amides is 1. The van der Waals surface area contributed by atoms with Crippen LogP contribution in [-0.2, 0) is 9.84 Å². The van der Waals surface area contributed by atoms with E-state index in [-0.39, 0.29) is 23.2 Å².